The van der Waals surface area contributed by atoms with Crippen molar-refractivity contribution < 1.29 is 4.74 Å². The molecule has 1 aliphatic rings. The SMILES string of the molecule is Cc1cccc(Pc2c(C)cccc2CPc2ccccc2)c1OCC1C=CC=CC1. The fourth-order valence-corrected chi connectivity index (χ4v) is 6.57. The van der Waals surface area contributed by atoms with Gasteiger partial charge in [0.05, 0.1) is 6.61 Å². The molecular weight excluding hydrogens is 414 g/mol. The smallest absolute Gasteiger partial charge is 0.129 e. The molecule has 0 saturated carbocycles. The molecule has 1 nitrogen and oxygen atoms in total. The van der Waals surface area contributed by atoms with E-state index in [2.05, 4.69) is 105 Å². The monoisotopic (exact) mass is 444 g/mol. The Kier molecular flexibility index (Phi) is 7.74. The van der Waals surface area contributed by atoms with Crippen LogP contribution in [0.3, 0.4) is 0 Å². The minimum Gasteiger partial charge on any atom is -0.492 e. The summed E-state index contributed by atoms with van der Waals surface area (Å²) in [6.07, 6.45) is 10.9. The number of aryl methyl sites for hydroxylation is 2. The normalized spacial score (nSPS) is 16.0. The van der Waals surface area contributed by atoms with E-state index in [9.17, 15) is 0 Å². The average Bonchev–Trinajstić information content (AvgIpc) is 2.80. The van der Waals surface area contributed by atoms with Gasteiger partial charge < -0.3 is 4.74 Å². The van der Waals surface area contributed by atoms with Gasteiger partial charge in [-0.3, -0.25) is 0 Å². The van der Waals surface area contributed by atoms with E-state index in [1.165, 1.54) is 32.6 Å². The summed E-state index contributed by atoms with van der Waals surface area (Å²) in [4.78, 5) is 0. The van der Waals surface area contributed by atoms with Gasteiger partial charge in [-0.2, -0.15) is 0 Å². The Balaban J connectivity index is 1.54. The Morgan fingerprint density at radius 3 is 2.48 bits per heavy atom. The predicted molar refractivity (Wildman–Crippen MR) is 140 cm³/mol. The van der Waals surface area contributed by atoms with E-state index in [4.69, 9.17) is 4.74 Å². The summed E-state index contributed by atoms with van der Waals surface area (Å²) < 4.78 is 6.41. The van der Waals surface area contributed by atoms with Crippen molar-refractivity contribution >= 4 is 33.1 Å². The van der Waals surface area contributed by atoms with E-state index >= 15 is 0 Å². The van der Waals surface area contributed by atoms with E-state index in [-0.39, 0.29) is 0 Å². The molecule has 1 aliphatic carbocycles. The highest BCUT2D eigenvalue weighted by molar-refractivity contribution is 7.56. The molecule has 4 rings (SSSR count). The quantitative estimate of drug-likeness (QED) is 0.390. The maximum absolute atomic E-state index is 6.41. The average molecular weight is 444 g/mol. The fourth-order valence-electron chi connectivity index (χ4n) is 3.83. The van der Waals surface area contributed by atoms with Gasteiger partial charge in [0.25, 0.3) is 0 Å². The topological polar surface area (TPSA) is 9.23 Å². The summed E-state index contributed by atoms with van der Waals surface area (Å²) in [5.74, 6) is 1.53. The lowest BCUT2D eigenvalue weighted by Gasteiger charge is -2.20. The highest BCUT2D eigenvalue weighted by Gasteiger charge is 2.14. The van der Waals surface area contributed by atoms with Crippen LogP contribution >= 0.6 is 17.2 Å². The number of rotatable bonds is 8. The zero-order chi connectivity index (χ0) is 21.5. The van der Waals surface area contributed by atoms with E-state index in [1.54, 1.807) is 0 Å². The third kappa shape index (κ3) is 5.94. The fraction of sp³-hybridized carbons (Fsp3) is 0.214. The number of ether oxygens (including phenoxy) is 1. The van der Waals surface area contributed by atoms with Crippen LogP contribution in [0.5, 0.6) is 5.75 Å². The lowest BCUT2D eigenvalue weighted by molar-refractivity contribution is 0.276. The van der Waals surface area contributed by atoms with Crippen LogP contribution in [0.25, 0.3) is 0 Å². The molecule has 0 amide bonds. The standard InChI is InChI=1S/C28H30OP2/c1-21-11-10-18-26(27(21)29-19-23-13-5-3-6-14-23)31-28-22(2)12-9-15-24(28)20-30-25-16-7-4-8-17-25/h3-13,15-18,23,30-31H,14,19-20H2,1-2H3. The van der Waals surface area contributed by atoms with E-state index in [0.717, 1.165) is 33.5 Å². The van der Waals surface area contributed by atoms with E-state index in [0.29, 0.717) is 14.5 Å². The molecule has 0 fully saturated rings. The van der Waals surface area contributed by atoms with Gasteiger partial charge in [-0.15, -0.1) is 0 Å². The predicted octanol–water partition coefficient (Wildman–Crippen LogP) is 5.95. The first kappa shape index (κ1) is 22.0. The maximum Gasteiger partial charge on any atom is 0.129 e. The van der Waals surface area contributed by atoms with Crippen molar-refractivity contribution in [2.75, 3.05) is 6.61 Å². The van der Waals surface area contributed by atoms with Crippen LogP contribution in [0.1, 0.15) is 23.1 Å². The molecule has 3 atom stereocenters. The molecule has 3 aromatic carbocycles. The van der Waals surface area contributed by atoms with Crippen molar-refractivity contribution in [3.63, 3.8) is 0 Å². The summed E-state index contributed by atoms with van der Waals surface area (Å²) in [5.41, 5.74) is 4.07. The van der Waals surface area contributed by atoms with Gasteiger partial charge in [0.1, 0.15) is 5.75 Å². The van der Waals surface area contributed by atoms with Gasteiger partial charge in [0.2, 0.25) is 0 Å². The summed E-state index contributed by atoms with van der Waals surface area (Å²) in [6, 6.07) is 24.1. The van der Waals surface area contributed by atoms with Crippen LogP contribution in [-0.4, -0.2) is 6.61 Å². The van der Waals surface area contributed by atoms with Crippen LogP contribution < -0.4 is 20.7 Å². The van der Waals surface area contributed by atoms with Gasteiger partial charge in [0.15, 0.2) is 0 Å². The zero-order valence-corrected chi connectivity index (χ0v) is 20.3. The second-order valence-electron chi connectivity index (χ2n) is 8.03. The van der Waals surface area contributed by atoms with Crippen molar-refractivity contribution in [3.05, 3.63) is 108 Å². The molecule has 31 heavy (non-hydrogen) atoms. The first-order valence-electron chi connectivity index (χ1n) is 10.9. The van der Waals surface area contributed by atoms with Crippen LogP contribution in [-0.2, 0) is 6.16 Å². The maximum atomic E-state index is 6.41. The Morgan fingerprint density at radius 2 is 1.68 bits per heavy atom. The van der Waals surface area contributed by atoms with Gasteiger partial charge in [0, 0.05) is 11.2 Å². The lowest BCUT2D eigenvalue weighted by atomic mass is 10.0. The first-order valence-corrected chi connectivity index (χ1v) is 13.1. The molecule has 0 N–H and O–H groups in total. The van der Waals surface area contributed by atoms with Gasteiger partial charge in [-0.1, -0.05) is 108 Å². The molecule has 0 spiro atoms. The summed E-state index contributed by atoms with van der Waals surface area (Å²) >= 11 is 0. The second-order valence-corrected chi connectivity index (χ2v) is 10.6. The lowest BCUT2D eigenvalue weighted by Crippen LogP contribution is -2.17. The first-order chi connectivity index (χ1) is 15.2. The summed E-state index contributed by atoms with van der Waals surface area (Å²) in [6.45, 7) is 5.14. The summed E-state index contributed by atoms with van der Waals surface area (Å²) in [5, 5.41) is 4.21. The van der Waals surface area contributed by atoms with Crippen LogP contribution in [0, 0.1) is 19.8 Å². The van der Waals surface area contributed by atoms with Gasteiger partial charge in [-0.25, -0.2) is 0 Å². The van der Waals surface area contributed by atoms with E-state index < -0.39 is 0 Å². The number of allylic oxidation sites excluding steroid dienone is 3. The van der Waals surface area contributed by atoms with Crippen molar-refractivity contribution in [1.29, 1.82) is 0 Å². The number of para-hydroxylation sites is 1. The molecule has 0 aliphatic heterocycles. The van der Waals surface area contributed by atoms with E-state index in [1.807, 2.05) is 0 Å². The molecular formula is C28H30OP2. The van der Waals surface area contributed by atoms with Gasteiger partial charge >= 0.3 is 0 Å². The van der Waals surface area contributed by atoms with Crippen molar-refractivity contribution in [2.24, 2.45) is 5.92 Å². The molecule has 0 aromatic heterocycles. The van der Waals surface area contributed by atoms with Crippen molar-refractivity contribution in [3.8, 4) is 5.75 Å². The molecule has 3 unspecified atom stereocenters. The largest absolute Gasteiger partial charge is 0.492 e. The molecule has 0 radical (unpaired) electrons. The van der Waals surface area contributed by atoms with Crippen molar-refractivity contribution in [2.45, 2.75) is 26.4 Å². The molecule has 0 heterocycles. The molecule has 0 bridgehead atoms. The van der Waals surface area contributed by atoms with Crippen LogP contribution in [0.4, 0.5) is 0 Å². The summed E-state index contributed by atoms with van der Waals surface area (Å²) in [7, 11) is 1.40. The van der Waals surface area contributed by atoms with Gasteiger partial charge in [-0.05, 0) is 53.7 Å². The Labute approximate surface area is 190 Å². The Morgan fingerprint density at radius 1 is 0.871 bits per heavy atom. The molecule has 3 aromatic rings. The number of benzene rings is 3. The third-order valence-corrected chi connectivity index (χ3v) is 8.53. The minimum absolute atomic E-state index is 0.460. The number of hydrogen-bond donors (Lipinski definition) is 0. The van der Waals surface area contributed by atoms with Crippen LogP contribution in [0.2, 0.25) is 0 Å². The third-order valence-electron chi connectivity index (χ3n) is 5.60. The Bertz CT molecular complexity index is 1070. The highest BCUT2D eigenvalue weighted by atomic mass is 31.1. The number of hydrogen-bond acceptors (Lipinski definition) is 1. The minimum atomic E-state index is 0.460. The van der Waals surface area contributed by atoms with Crippen LogP contribution in [0.15, 0.2) is 91.0 Å². The second kappa shape index (κ2) is 10.9. The molecule has 0 saturated heterocycles. The molecule has 3 heteroatoms. The zero-order valence-electron chi connectivity index (χ0n) is 18.3. The Hall–Kier alpha value is -2.20. The van der Waals surface area contributed by atoms with Crippen molar-refractivity contribution in [1.82, 2.24) is 0 Å². The highest BCUT2D eigenvalue weighted by Crippen LogP contribution is 2.28. The molecule has 158 valence electrons.